The molecule has 23 heavy (non-hydrogen) atoms. The zero-order chi connectivity index (χ0) is 16.2. The predicted octanol–water partition coefficient (Wildman–Crippen LogP) is 2.69. The molecule has 1 unspecified atom stereocenters. The lowest BCUT2D eigenvalue weighted by Gasteiger charge is -2.30. The standard InChI is InChI=1S/C18H24N2O3/c21-17(22)15-8-10-20(11-9-15)18(23)19-12-16(14-6-7-14)13-4-2-1-3-5-13/h1-5,14-16H,6-12H2,(H,19,23)(H,21,22). The molecule has 1 aliphatic heterocycles. The smallest absolute Gasteiger partial charge is 0.317 e. The number of urea groups is 1. The molecule has 0 bridgehead atoms. The van der Waals surface area contributed by atoms with Gasteiger partial charge in [0.2, 0.25) is 0 Å². The second-order valence-corrected chi connectivity index (χ2v) is 6.64. The highest BCUT2D eigenvalue weighted by atomic mass is 16.4. The molecular formula is C18H24N2O3. The Morgan fingerprint density at radius 1 is 1.13 bits per heavy atom. The average molecular weight is 316 g/mol. The first kappa shape index (κ1) is 15.8. The number of aliphatic carboxylic acids is 1. The summed E-state index contributed by atoms with van der Waals surface area (Å²) in [7, 11) is 0. The van der Waals surface area contributed by atoms with E-state index in [2.05, 4.69) is 17.4 Å². The molecule has 0 radical (unpaired) electrons. The molecule has 1 aliphatic carbocycles. The number of benzene rings is 1. The molecule has 1 aromatic carbocycles. The van der Waals surface area contributed by atoms with Crippen LogP contribution in [-0.4, -0.2) is 41.6 Å². The van der Waals surface area contributed by atoms with E-state index in [9.17, 15) is 9.59 Å². The van der Waals surface area contributed by atoms with Crippen LogP contribution < -0.4 is 5.32 Å². The number of nitrogens with zero attached hydrogens (tertiary/aromatic N) is 1. The fraction of sp³-hybridized carbons (Fsp3) is 0.556. The Hall–Kier alpha value is -2.04. The summed E-state index contributed by atoms with van der Waals surface area (Å²) in [6, 6.07) is 10.3. The molecule has 124 valence electrons. The van der Waals surface area contributed by atoms with Crippen molar-refractivity contribution in [2.24, 2.45) is 11.8 Å². The molecule has 0 spiro atoms. The Labute approximate surface area is 136 Å². The summed E-state index contributed by atoms with van der Waals surface area (Å²) in [6.45, 7) is 1.72. The van der Waals surface area contributed by atoms with Crippen LogP contribution in [-0.2, 0) is 4.79 Å². The third-order valence-electron chi connectivity index (χ3n) is 5.02. The molecule has 5 nitrogen and oxygen atoms in total. The van der Waals surface area contributed by atoms with Gasteiger partial charge in [-0.2, -0.15) is 0 Å². The summed E-state index contributed by atoms with van der Waals surface area (Å²) in [5.74, 6) is 0.0117. The van der Waals surface area contributed by atoms with Gasteiger partial charge in [0.25, 0.3) is 0 Å². The summed E-state index contributed by atoms with van der Waals surface area (Å²) >= 11 is 0. The number of likely N-dealkylation sites (tertiary alicyclic amines) is 1. The molecule has 0 aromatic heterocycles. The summed E-state index contributed by atoms with van der Waals surface area (Å²) in [4.78, 5) is 25.0. The van der Waals surface area contributed by atoms with Gasteiger partial charge in [-0.1, -0.05) is 30.3 Å². The second kappa shape index (κ2) is 7.02. The lowest BCUT2D eigenvalue weighted by Crippen LogP contribution is -2.46. The maximum absolute atomic E-state index is 12.3. The number of carboxylic acid groups (broad SMARTS) is 1. The predicted molar refractivity (Wildman–Crippen MR) is 87.2 cm³/mol. The maximum atomic E-state index is 12.3. The van der Waals surface area contributed by atoms with Crippen molar-refractivity contribution in [2.45, 2.75) is 31.6 Å². The topological polar surface area (TPSA) is 69.6 Å². The van der Waals surface area contributed by atoms with Gasteiger partial charge in [0.15, 0.2) is 0 Å². The fourth-order valence-electron chi connectivity index (χ4n) is 3.39. The minimum Gasteiger partial charge on any atom is -0.481 e. The van der Waals surface area contributed by atoms with Gasteiger partial charge in [-0.25, -0.2) is 4.79 Å². The average Bonchev–Trinajstić information content (AvgIpc) is 3.41. The number of carbonyl (C=O) groups is 2. The quantitative estimate of drug-likeness (QED) is 0.877. The number of amides is 2. The van der Waals surface area contributed by atoms with E-state index in [0.29, 0.717) is 44.3 Å². The van der Waals surface area contributed by atoms with Crippen molar-refractivity contribution in [3.05, 3.63) is 35.9 Å². The SMILES string of the molecule is O=C(O)C1CCN(C(=O)NCC(c2ccccc2)C2CC2)CC1. The van der Waals surface area contributed by atoms with Gasteiger partial charge in [0.05, 0.1) is 5.92 Å². The molecule has 2 N–H and O–H groups in total. The van der Waals surface area contributed by atoms with Crippen LogP contribution in [0.4, 0.5) is 4.79 Å². The molecule has 2 amide bonds. The molecule has 1 aromatic rings. The van der Waals surface area contributed by atoms with Crippen molar-refractivity contribution < 1.29 is 14.7 Å². The van der Waals surface area contributed by atoms with Gasteiger partial charge >= 0.3 is 12.0 Å². The van der Waals surface area contributed by atoms with E-state index in [1.54, 1.807) is 4.90 Å². The van der Waals surface area contributed by atoms with E-state index in [4.69, 9.17) is 5.11 Å². The minimum absolute atomic E-state index is 0.0598. The lowest BCUT2D eigenvalue weighted by atomic mass is 9.94. The number of carbonyl (C=O) groups excluding carboxylic acids is 1. The first-order chi connectivity index (χ1) is 11.1. The summed E-state index contributed by atoms with van der Waals surface area (Å²) in [5, 5.41) is 12.1. The molecular weight excluding hydrogens is 292 g/mol. The van der Waals surface area contributed by atoms with Crippen LogP contribution in [0.25, 0.3) is 0 Å². The maximum Gasteiger partial charge on any atom is 0.317 e. The van der Waals surface area contributed by atoms with Crippen LogP contribution >= 0.6 is 0 Å². The molecule has 2 fully saturated rings. The molecule has 5 heteroatoms. The van der Waals surface area contributed by atoms with Crippen LogP contribution in [0.5, 0.6) is 0 Å². The first-order valence-corrected chi connectivity index (χ1v) is 8.45. The van der Waals surface area contributed by atoms with Gasteiger partial charge in [-0.3, -0.25) is 4.79 Å². The van der Waals surface area contributed by atoms with Gasteiger partial charge in [0, 0.05) is 25.6 Å². The van der Waals surface area contributed by atoms with E-state index >= 15 is 0 Å². The monoisotopic (exact) mass is 316 g/mol. The zero-order valence-electron chi connectivity index (χ0n) is 13.3. The number of hydrogen-bond donors (Lipinski definition) is 2. The van der Waals surface area contributed by atoms with E-state index in [1.807, 2.05) is 18.2 Å². The number of carboxylic acids is 1. The summed E-state index contributed by atoms with van der Waals surface area (Å²) in [5.41, 5.74) is 1.29. The van der Waals surface area contributed by atoms with Crippen LogP contribution in [0.1, 0.15) is 37.2 Å². The molecule has 1 atom stereocenters. The lowest BCUT2D eigenvalue weighted by molar-refractivity contribution is -0.143. The molecule has 3 rings (SSSR count). The van der Waals surface area contributed by atoms with Crippen molar-refractivity contribution in [2.75, 3.05) is 19.6 Å². The van der Waals surface area contributed by atoms with E-state index in [-0.39, 0.29) is 11.9 Å². The van der Waals surface area contributed by atoms with Gasteiger partial charge in [0.1, 0.15) is 0 Å². The third-order valence-corrected chi connectivity index (χ3v) is 5.02. The second-order valence-electron chi connectivity index (χ2n) is 6.64. The van der Waals surface area contributed by atoms with Gasteiger partial charge < -0.3 is 15.3 Å². The first-order valence-electron chi connectivity index (χ1n) is 8.45. The van der Waals surface area contributed by atoms with Crippen LogP contribution in [0.3, 0.4) is 0 Å². The van der Waals surface area contributed by atoms with Crippen molar-refractivity contribution >= 4 is 12.0 Å². The van der Waals surface area contributed by atoms with E-state index in [0.717, 1.165) is 0 Å². The Kier molecular flexibility index (Phi) is 4.84. The number of nitrogens with one attached hydrogen (secondary N) is 1. The largest absolute Gasteiger partial charge is 0.481 e. The highest BCUT2D eigenvalue weighted by Crippen LogP contribution is 2.42. The van der Waals surface area contributed by atoms with Crippen molar-refractivity contribution in [1.82, 2.24) is 10.2 Å². The minimum atomic E-state index is -0.747. The number of hydrogen-bond acceptors (Lipinski definition) is 2. The number of piperidine rings is 1. The summed E-state index contributed by atoms with van der Waals surface area (Å²) < 4.78 is 0. The Morgan fingerprint density at radius 2 is 1.78 bits per heavy atom. The zero-order valence-corrected chi connectivity index (χ0v) is 13.3. The number of rotatable bonds is 5. The van der Waals surface area contributed by atoms with E-state index in [1.165, 1.54) is 18.4 Å². The van der Waals surface area contributed by atoms with Crippen LogP contribution in [0, 0.1) is 11.8 Å². The summed E-state index contributed by atoms with van der Waals surface area (Å²) in [6.07, 6.45) is 3.57. The highest BCUT2D eigenvalue weighted by Gasteiger charge is 2.33. The van der Waals surface area contributed by atoms with Gasteiger partial charge in [-0.15, -0.1) is 0 Å². The van der Waals surface area contributed by atoms with Crippen molar-refractivity contribution in [3.8, 4) is 0 Å². The van der Waals surface area contributed by atoms with Gasteiger partial charge in [-0.05, 0) is 37.2 Å². The Morgan fingerprint density at radius 3 is 2.35 bits per heavy atom. The Bertz CT molecular complexity index is 549. The normalized spacial score (nSPS) is 20.1. The molecule has 2 aliphatic rings. The van der Waals surface area contributed by atoms with E-state index < -0.39 is 5.97 Å². The van der Waals surface area contributed by atoms with Crippen molar-refractivity contribution in [1.29, 1.82) is 0 Å². The van der Waals surface area contributed by atoms with Crippen molar-refractivity contribution in [3.63, 3.8) is 0 Å². The molecule has 1 saturated heterocycles. The van der Waals surface area contributed by atoms with Crippen LogP contribution in [0.15, 0.2) is 30.3 Å². The highest BCUT2D eigenvalue weighted by molar-refractivity contribution is 5.75. The molecule has 1 heterocycles. The fourth-order valence-corrected chi connectivity index (χ4v) is 3.39. The Balaban J connectivity index is 1.51. The van der Waals surface area contributed by atoms with Crippen LogP contribution in [0.2, 0.25) is 0 Å². The third kappa shape index (κ3) is 4.03. The molecule has 1 saturated carbocycles.